The van der Waals surface area contributed by atoms with E-state index in [2.05, 4.69) is 88.0 Å². The Labute approximate surface area is 189 Å². The molecule has 4 nitrogen and oxygen atoms in total. The number of hydrogen-bond acceptors (Lipinski definition) is 4. The van der Waals surface area contributed by atoms with Gasteiger partial charge >= 0.3 is 0 Å². The molecule has 0 aliphatic carbocycles. The number of nitrogens with one attached hydrogen (secondary N) is 1. The van der Waals surface area contributed by atoms with Crippen molar-refractivity contribution in [3.63, 3.8) is 0 Å². The largest absolute Gasteiger partial charge is 0.492 e. The van der Waals surface area contributed by atoms with Crippen molar-refractivity contribution in [2.24, 2.45) is 0 Å². The van der Waals surface area contributed by atoms with Crippen LogP contribution in [0, 0.1) is 0 Å². The molecule has 4 heteroatoms. The number of anilines is 2. The molecule has 5 rings (SSSR count). The van der Waals surface area contributed by atoms with Gasteiger partial charge in [-0.05, 0) is 41.5 Å². The highest BCUT2D eigenvalue weighted by atomic mass is 16.5. The summed E-state index contributed by atoms with van der Waals surface area (Å²) in [7, 11) is 0. The SMILES string of the molecule is c1ccc(CN2c3ccccc3Cc3c(OCCNCc4ccccn4)cccc32)cc1. The van der Waals surface area contributed by atoms with Gasteiger partial charge in [0.05, 0.1) is 5.69 Å². The Morgan fingerprint density at radius 1 is 0.812 bits per heavy atom. The van der Waals surface area contributed by atoms with E-state index in [4.69, 9.17) is 4.74 Å². The van der Waals surface area contributed by atoms with Gasteiger partial charge in [0.2, 0.25) is 0 Å². The predicted octanol–water partition coefficient (Wildman–Crippen LogP) is 5.49. The van der Waals surface area contributed by atoms with Gasteiger partial charge in [0.1, 0.15) is 12.4 Å². The molecular weight excluding hydrogens is 394 g/mol. The molecule has 4 aromatic rings. The Hall–Kier alpha value is -3.63. The zero-order valence-corrected chi connectivity index (χ0v) is 18.1. The Balaban J connectivity index is 1.32. The summed E-state index contributed by atoms with van der Waals surface area (Å²) >= 11 is 0. The molecule has 3 aromatic carbocycles. The van der Waals surface area contributed by atoms with E-state index in [1.807, 2.05) is 24.4 Å². The Kier molecular flexibility index (Phi) is 6.13. The van der Waals surface area contributed by atoms with Gasteiger partial charge in [0.15, 0.2) is 0 Å². The van der Waals surface area contributed by atoms with Gasteiger partial charge in [-0.3, -0.25) is 4.98 Å². The van der Waals surface area contributed by atoms with Crippen LogP contribution in [0.2, 0.25) is 0 Å². The van der Waals surface area contributed by atoms with Crippen LogP contribution >= 0.6 is 0 Å². The number of ether oxygens (including phenoxy) is 1. The van der Waals surface area contributed by atoms with Crippen LogP contribution in [0.1, 0.15) is 22.4 Å². The van der Waals surface area contributed by atoms with Gasteiger partial charge < -0.3 is 15.0 Å². The number of para-hydroxylation sites is 1. The van der Waals surface area contributed by atoms with Crippen LogP contribution in [0.15, 0.2) is 97.2 Å². The lowest BCUT2D eigenvalue weighted by atomic mass is 9.94. The van der Waals surface area contributed by atoms with E-state index < -0.39 is 0 Å². The molecular formula is C28H27N3O. The average molecular weight is 422 g/mol. The molecule has 0 radical (unpaired) electrons. The highest BCUT2D eigenvalue weighted by molar-refractivity contribution is 5.76. The third-order valence-electron chi connectivity index (χ3n) is 5.80. The van der Waals surface area contributed by atoms with E-state index in [-0.39, 0.29) is 0 Å². The number of rotatable bonds is 8. The van der Waals surface area contributed by atoms with Crippen molar-refractivity contribution in [3.8, 4) is 5.75 Å². The van der Waals surface area contributed by atoms with Gasteiger partial charge in [-0.2, -0.15) is 0 Å². The topological polar surface area (TPSA) is 37.4 Å². The summed E-state index contributed by atoms with van der Waals surface area (Å²) in [5.41, 5.74) is 7.43. The van der Waals surface area contributed by atoms with Crippen LogP contribution in [0.5, 0.6) is 5.75 Å². The molecule has 32 heavy (non-hydrogen) atoms. The summed E-state index contributed by atoms with van der Waals surface area (Å²) in [5, 5.41) is 3.41. The first kappa shape index (κ1) is 20.3. The number of nitrogens with zero attached hydrogens (tertiary/aromatic N) is 2. The second-order valence-corrected chi connectivity index (χ2v) is 7.98. The minimum absolute atomic E-state index is 0.615. The van der Waals surface area contributed by atoms with E-state index in [1.54, 1.807) is 0 Å². The average Bonchev–Trinajstić information content (AvgIpc) is 2.85. The molecule has 0 bridgehead atoms. The highest BCUT2D eigenvalue weighted by Crippen LogP contribution is 2.43. The third kappa shape index (κ3) is 4.51. The number of pyridine rings is 1. The number of hydrogen-bond donors (Lipinski definition) is 1. The fourth-order valence-corrected chi connectivity index (χ4v) is 4.25. The first-order valence-corrected chi connectivity index (χ1v) is 11.1. The Morgan fingerprint density at radius 3 is 2.50 bits per heavy atom. The van der Waals surface area contributed by atoms with Gasteiger partial charge in [0, 0.05) is 49.2 Å². The minimum atomic E-state index is 0.615. The van der Waals surface area contributed by atoms with Gasteiger partial charge in [-0.15, -0.1) is 0 Å². The van der Waals surface area contributed by atoms with Crippen molar-refractivity contribution in [1.82, 2.24) is 10.3 Å². The smallest absolute Gasteiger partial charge is 0.124 e. The van der Waals surface area contributed by atoms with Gasteiger partial charge in [-0.1, -0.05) is 60.7 Å². The summed E-state index contributed by atoms with van der Waals surface area (Å²) in [6.45, 7) is 2.96. The van der Waals surface area contributed by atoms with Gasteiger partial charge in [0.25, 0.3) is 0 Å². The second-order valence-electron chi connectivity index (χ2n) is 7.98. The fraction of sp³-hybridized carbons (Fsp3) is 0.179. The van der Waals surface area contributed by atoms with E-state index in [0.29, 0.717) is 6.61 Å². The van der Waals surface area contributed by atoms with E-state index in [0.717, 1.165) is 37.5 Å². The molecule has 1 N–H and O–H groups in total. The molecule has 1 aliphatic rings. The summed E-state index contributed by atoms with van der Waals surface area (Å²) < 4.78 is 6.25. The second kappa shape index (κ2) is 9.67. The van der Waals surface area contributed by atoms with Crippen molar-refractivity contribution in [3.05, 3.63) is 120 Å². The molecule has 0 saturated carbocycles. The maximum absolute atomic E-state index is 6.25. The fourth-order valence-electron chi connectivity index (χ4n) is 4.25. The molecule has 0 unspecified atom stereocenters. The van der Waals surface area contributed by atoms with Crippen LogP contribution in [-0.2, 0) is 19.5 Å². The maximum Gasteiger partial charge on any atom is 0.124 e. The van der Waals surface area contributed by atoms with Crippen molar-refractivity contribution in [2.45, 2.75) is 19.5 Å². The quantitative estimate of drug-likeness (QED) is 0.382. The lowest BCUT2D eigenvalue weighted by Gasteiger charge is -2.34. The van der Waals surface area contributed by atoms with Crippen LogP contribution in [0.25, 0.3) is 0 Å². The standard InChI is InChI=1S/C28H27N3O/c1-2-9-22(10-3-1)21-31-26-13-5-4-11-23(26)19-25-27(31)14-8-15-28(25)32-18-17-29-20-24-12-6-7-16-30-24/h1-16,29H,17-21H2. The zero-order valence-electron chi connectivity index (χ0n) is 18.1. The molecule has 1 aromatic heterocycles. The summed E-state index contributed by atoms with van der Waals surface area (Å²) in [6.07, 6.45) is 2.71. The minimum Gasteiger partial charge on any atom is -0.492 e. The molecule has 0 saturated heterocycles. The predicted molar refractivity (Wildman–Crippen MR) is 129 cm³/mol. The molecule has 0 atom stereocenters. The molecule has 0 amide bonds. The zero-order chi connectivity index (χ0) is 21.6. The normalized spacial score (nSPS) is 12.2. The van der Waals surface area contributed by atoms with Crippen LogP contribution in [-0.4, -0.2) is 18.1 Å². The number of aromatic nitrogens is 1. The lowest BCUT2D eigenvalue weighted by Crippen LogP contribution is -2.24. The summed E-state index contributed by atoms with van der Waals surface area (Å²) in [4.78, 5) is 6.76. The van der Waals surface area contributed by atoms with E-state index in [1.165, 1.54) is 28.1 Å². The third-order valence-corrected chi connectivity index (χ3v) is 5.80. The Bertz CT molecular complexity index is 1160. The molecule has 1 aliphatic heterocycles. The van der Waals surface area contributed by atoms with Crippen molar-refractivity contribution < 1.29 is 4.74 Å². The highest BCUT2D eigenvalue weighted by Gasteiger charge is 2.25. The Morgan fingerprint density at radius 2 is 1.62 bits per heavy atom. The molecule has 0 fully saturated rings. The first-order chi connectivity index (χ1) is 15.9. The van der Waals surface area contributed by atoms with E-state index >= 15 is 0 Å². The van der Waals surface area contributed by atoms with Crippen molar-refractivity contribution in [2.75, 3.05) is 18.1 Å². The monoisotopic (exact) mass is 421 g/mol. The number of fused-ring (bicyclic) bond motifs is 2. The summed E-state index contributed by atoms with van der Waals surface area (Å²) in [6, 6.07) is 31.7. The maximum atomic E-state index is 6.25. The lowest BCUT2D eigenvalue weighted by molar-refractivity contribution is 0.310. The van der Waals surface area contributed by atoms with E-state index in [9.17, 15) is 0 Å². The van der Waals surface area contributed by atoms with Crippen LogP contribution in [0.4, 0.5) is 11.4 Å². The van der Waals surface area contributed by atoms with Crippen molar-refractivity contribution in [1.29, 1.82) is 0 Å². The van der Waals surface area contributed by atoms with Crippen LogP contribution < -0.4 is 15.0 Å². The summed E-state index contributed by atoms with van der Waals surface area (Å²) in [5.74, 6) is 0.967. The van der Waals surface area contributed by atoms with Crippen LogP contribution in [0.3, 0.4) is 0 Å². The molecule has 160 valence electrons. The molecule has 2 heterocycles. The van der Waals surface area contributed by atoms with Crippen molar-refractivity contribution >= 4 is 11.4 Å². The molecule has 0 spiro atoms. The van der Waals surface area contributed by atoms with Gasteiger partial charge in [-0.25, -0.2) is 0 Å². The number of benzene rings is 3. The first-order valence-electron chi connectivity index (χ1n) is 11.1.